The highest BCUT2D eigenvalue weighted by Gasteiger charge is 2.22. The topological polar surface area (TPSA) is 32.3 Å². The zero-order valence-corrected chi connectivity index (χ0v) is 7.26. The molecule has 1 heterocycles. The van der Waals surface area contributed by atoms with Crippen molar-refractivity contribution >= 4 is 6.03 Å². The lowest BCUT2D eigenvalue weighted by Gasteiger charge is -2.15. The standard InChI is InChI=1S/C8H16N2O/c1-3-9-8(11)10-5-4-7(2)6-10/h7H,3-6H2,1-2H3,(H,9,11). The molecule has 0 spiro atoms. The molecule has 0 aliphatic carbocycles. The normalized spacial score (nSPS) is 23.8. The van der Waals surface area contributed by atoms with Gasteiger partial charge in [0.05, 0.1) is 0 Å². The van der Waals surface area contributed by atoms with E-state index in [1.165, 1.54) is 0 Å². The number of carbonyl (C=O) groups excluding carboxylic acids is 1. The highest BCUT2D eigenvalue weighted by Crippen LogP contribution is 2.14. The molecule has 1 aliphatic heterocycles. The Hall–Kier alpha value is -0.730. The van der Waals surface area contributed by atoms with Crippen molar-refractivity contribution in [2.75, 3.05) is 19.6 Å². The number of amides is 2. The van der Waals surface area contributed by atoms with E-state index >= 15 is 0 Å². The molecule has 0 aromatic rings. The van der Waals surface area contributed by atoms with E-state index in [4.69, 9.17) is 0 Å². The first-order chi connectivity index (χ1) is 5.24. The van der Waals surface area contributed by atoms with Crippen LogP contribution in [-0.2, 0) is 0 Å². The van der Waals surface area contributed by atoms with Crippen LogP contribution in [0.5, 0.6) is 0 Å². The van der Waals surface area contributed by atoms with E-state index in [2.05, 4.69) is 12.2 Å². The maximum Gasteiger partial charge on any atom is 0.317 e. The van der Waals surface area contributed by atoms with Gasteiger partial charge in [0.15, 0.2) is 0 Å². The number of urea groups is 1. The van der Waals surface area contributed by atoms with Crippen molar-refractivity contribution in [3.05, 3.63) is 0 Å². The average Bonchev–Trinajstić information content (AvgIpc) is 2.36. The first-order valence-corrected chi connectivity index (χ1v) is 4.26. The van der Waals surface area contributed by atoms with E-state index in [9.17, 15) is 4.79 Å². The van der Waals surface area contributed by atoms with E-state index in [0.29, 0.717) is 5.92 Å². The summed E-state index contributed by atoms with van der Waals surface area (Å²) in [6, 6.07) is 0.0943. The Bertz CT molecular complexity index is 147. The third-order valence-electron chi connectivity index (χ3n) is 2.04. The minimum atomic E-state index is 0.0943. The number of nitrogens with zero attached hydrogens (tertiary/aromatic N) is 1. The fraction of sp³-hybridized carbons (Fsp3) is 0.875. The lowest BCUT2D eigenvalue weighted by atomic mass is 10.2. The van der Waals surface area contributed by atoms with Crippen LogP contribution in [0.2, 0.25) is 0 Å². The van der Waals surface area contributed by atoms with Gasteiger partial charge < -0.3 is 10.2 Å². The molecule has 3 heteroatoms. The largest absolute Gasteiger partial charge is 0.338 e. The SMILES string of the molecule is CCNC(=O)N1CCC(C)C1. The number of rotatable bonds is 1. The van der Waals surface area contributed by atoms with Gasteiger partial charge in [0.1, 0.15) is 0 Å². The Labute approximate surface area is 67.8 Å². The molecule has 11 heavy (non-hydrogen) atoms. The van der Waals surface area contributed by atoms with Crippen LogP contribution in [0, 0.1) is 5.92 Å². The Morgan fingerprint density at radius 3 is 2.91 bits per heavy atom. The molecule has 1 aliphatic rings. The molecule has 1 rings (SSSR count). The number of hydrogen-bond acceptors (Lipinski definition) is 1. The molecule has 1 fully saturated rings. The second-order valence-electron chi connectivity index (χ2n) is 3.18. The van der Waals surface area contributed by atoms with Gasteiger partial charge in [0.25, 0.3) is 0 Å². The number of likely N-dealkylation sites (tertiary alicyclic amines) is 1. The Balaban J connectivity index is 2.31. The van der Waals surface area contributed by atoms with Crippen LogP contribution in [0.3, 0.4) is 0 Å². The fourth-order valence-corrected chi connectivity index (χ4v) is 1.38. The first kappa shape index (κ1) is 8.37. The van der Waals surface area contributed by atoms with E-state index in [-0.39, 0.29) is 6.03 Å². The Morgan fingerprint density at radius 1 is 1.73 bits per heavy atom. The van der Waals surface area contributed by atoms with E-state index in [0.717, 1.165) is 26.1 Å². The molecule has 3 nitrogen and oxygen atoms in total. The van der Waals surface area contributed by atoms with Gasteiger partial charge in [-0.1, -0.05) is 6.92 Å². The van der Waals surface area contributed by atoms with E-state index < -0.39 is 0 Å². The quantitative estimate of drug-likeness (QED) is 0.605. The Morgan fingerprint density at radius 2 is 2.45 bits per heavy atom. The summed E-state index contributed by atoms with van der Waals surface area (Å²) in [6.45, 7) is 6.69. The van der Waals surface area contributed by atoms with Crippen molar-refractivity contribution in [2.45, 2.75) is 20.3 Å². The van der Waals surface area contributed by atoms with Gasteiger partial charge >= 0.3 is 6.03 Å². The monoisotopic (exact) mass is 156 g/mol. The molecule has 0 saturated carbocycles. The van der Waals surface area contributed by atoms with Crippen molar-refractivity contribution in [2.24, 2.45) is 5.92 Å². The summed E-state index contributed by atoms with van der Waals surface area (Å²) in [6.07, 6.45) is 1.15. The lowest BCUT2D eigenvalue weighted by molar-refractivity contribution is 0.208. The molecule has 0 bridgehead atoms. The van der Waals surface area contributed by atoms with Crippen molar-refractivity contribution in [3.8, 4) is 0 Å². The van der Waals surface area contributed by atoms with Gasteiger partial charge in [-0.2, -0.15) is 0 Å². The maximum atomic E-state index is 11.2. The van der Waals surface area contributed by atoms with Gasteiger partial charge in [0.2, 0.25) is 0 Å². The zero-order valence-electron chi connectivity index (χ0n) is 7.26. The average molecular weight is 156 g/mol. The number of nitrogens with one attached hydrogen (secondary N) is 1. The molecular formula is C8H16N2O. The van der Waals surface area contributed by atoms with Crippen LogP contribution in [0.25, 0.3) is 0 Å². The van der Waals surface area contributed by atoms with Crippen LogP contribution < -0.4 is 5.32 Å². The lowest BCUT2D eigenvalue weighted by Crippen LogP contribution is -2.38. The minimum Gasteiger partial charge on any atom is -0.338 e. The molecule has 1 N–H and O–H groups in total. The fourth-order valence-electron chi connectivity index (χ4n) is 1.38. The third-order valence-corrected chi connectivity index (χ3v) is 2.04. The number of carbonyl (C=O) groups is 1. The van der Waals surface area contributed by atoms with Crippen molar-refractivity contribution in [1.29, 1.82) is 0 Å². The summed E-state index contributed by atoms with van der Waals surface area (Å²) in [5.74, 6) is 0.678. The predicted octanol–water partition coefficient (Wildman–Crippen LogP) is 1.06. The van der Waals surface area contributed by atoms with Crippen LogP contribution in [0.4, 0.5) is 4.79 Å². The second-order valence-corrected chi connectivity index (χ2v) is 3.18. The predicted molar refractivity (Wildman–Crippen MR) is 44.4 cm³/mol. The molecule has 0 aromatic heterocycles. The molecule has 0 aromatic carbocycles. The first-order valence-electron chi connectivity index (χ1n) is 4.26. The second kappa shape index (κ2) is 3.60. The van der Waals surface area contributed by atoms with Gasteiger partial charge in [-0.25, -0.2) is 4.79 Å². The van der Waals surface area contributed by atoms with Gasteiger partial charge in [-0.15, -0.1) is 0 Å². The van der Waals surface area contributed by atoms with Crippen molar-refractivity contribution in [1.82, 2.24) is 10.2 Å². The summed E-state index contributed by atoms with van der Waals surface area (Å²) in [7, 11) is 0. The molecular weight excluding hydrogens is 140 g/mol. The van der Waals surface area contributed by atoms with Crippen LogP contribution >= 0.6 is 0 Å². The van der Waals surface area contributed by atoms with Gasteiger partial charge in [0, 0.05) is 19.6 Å². The summed E-state index contributed by atoms with van der Waals surface area (Å²) in [4.78, 5) is 13.1. The summed E-state index contributed by atoms with van der Waals surface area (Å²) >= 11 is 0. The molecule has 1 unspecified atom stereocenters. The van der Waals surface area contributed by atoms with Gasteiger partial charge in [-0.05, 0) is 19.3 Å². The maximum absolute atomic E-state index is 11.2. The van der Waals surface area contributed by atoms with Gasteiger partial charge in [-0.3, -0.25) is 0 Å². The molecule has 2 amide bonds. The van der Waals surface area contributed by atoms with Crippen molar-refractivity contribution in [3.63, 3.8) is 0 Å². The number of hydrogen-bond donors (Lipinski definition) is 1. The molecule has 0 radical (unpaired) electrons. The summed E-state index contributed by atoms with van der Waals surface area (Å²) in [5, 5.41) is 2.80. The zero-order chi connectivity index (χ0) is 8.27. The van der Waals surface area contributed by atoms with Crippen LogP contribution in [0.1, 0.15) is 20.3 Å². The minimum absolute atomic E-state index is 0.0943. The van der Waals surface area contributed by atoms with E-state index in [1.54, 1.807) is 0 Å². The summed E-state index contributed by atoms with van der Waals surface area (Å²) in [5.41, 5.74) is 0. The molecule has 1 saturated heterocycles. The highest BCUT2D eigenvalue weighted by molar-refractivity contribution is 5.74. The third kappa shape index (κ3) is 2.10. The van der Waals surface area contributed by atoms with Crippen molar-refractivity contribution < 1.29 is 4.79 Å². The highest BCUT2D eigenvalue weighted by atomic mass is 16.2. The molecule has 1 atom stereocenters. The van der Waals surface area contributed by atoms with Crippen LogP contribution in [0.15, 0.2) is 0 Å². The van der Waals surface area contributed by atoms with Crippen LogP contribution in [-0.4, -0.2) is 30.6 Å². The summed E-state index contributed by atoms with van der Waals surface area (Å²) < 4.78 is 0. The van der Waals surface area contributed by atoms with E-state index in [1.807, 2.05) is 11.8 Å². The Kier molecular flexibility index (Phi) is 2.74. The smallest absolute Gasteiger partial charge is 0.317 e. The molecule has 64 valence electrons.